The van der Waals surface area contributed by atoms with Crippen LogP contribution in [-0.2, 0) is 7.05 Å². The Morgan fingerprint density at radius 3 is 2.47 bits per heavy atom. The first-order valence-corrected chi connectivity index (χ1v) is 10.9. The Morgan fingerprint density at radius 1 is 0.867 bits per heavy atom. The van der Waals surface area contributed by atoms with E-state index in [2.05, 4.69) is 85.4 Å². The molecule has 5 aromatic rings. The van der Waals surface area contributed by atoms with Gasteiger partial charge in [0.05, 0.1) is 5.56 Å². The Balaban J connectivity index is 1.60. The fourth-order valence-corrected chi connectivity index (χ4v) is 5.15. The van der Waals surface area contributed by atoms with Crippen molar-refractivity contribution < 1.29 is 10.4 Å². The number of aryl methyl sites for hydroxylation is 2. The van der Waals surface area contributed by atoms with Crippen LogP contribution in [0.2, 0.25) is 0 Å². The molecule has 0 radical (unpaired) electrons. The van der Waals surface area contributed by atoms with E-state index in [4.69, 9.17) is 5.79 Å². The molecular formula is C28H26NO+. The van der Waals surface area contributed by atoms with Gasteiger partial charge in [0.25, 0.3) is 0 Å². The second-order valence-corrected chi connectivity index (χ2v) is 8.62. The average Bonchev–Trinajstić information content (AvgIpc) is 3.39. The van der Waals surface area contributed by atoms with E-state index in [1.54, 1.807) is 0 Å². The van der Waals surface area contributed by atoms with E-state index in [1.165, 1.54) is 10.9 Å². The summed E-state index contributed by atoms with van der Waals surface area (Å²) in [6.45, 7) is 2.15. The largest absolute Gasteiger partial charge is 0.454 e. The fraction of sp³-hybridized carbons (Fsp3) is 0.250. The van der Waals surface area contributed by atoms with Gasteiger partial charge in [-0.2, -0.15) is 0 Å². The van der Waals surface area contributed by atoms with Gasteiger partial charge in [-0.15, -0.1) is 0 Å². The van der Waals surface area contributed by atoms with Crippen molar-refractivity contribution in [2.75, 3.05) is 0 Å². The third-order valence-corrected chi connectivity index (χ3v) is 6.74. The van der Waals surface area contributed by atoms with Crippen LogP contribution in [0.4, 0.5) is 0 Å². The molecule has 2 heteroatoms. The second kappa shape index (κ2) is 6.70. The highest BCUT2D eigenvalue weighted by molar-refractivity contribution is 6.17. The average molecular weight is 394 g/mol. The Kier molecular flexibility index (Phi) is 3.72. The van der Waals surface area contributed by atoms with Crippen molar-refractivity contribution in [2.45, 2.75) is 38.5 Å². The van der Waals surface area contributed by atoms with E-state index in [0.717, 1.165) is 69.8 Å². The minimum absolute atomic E-state index is 0.435. The van der Waals surface area contributed by atoms with Crippen LogP contribution in [0.3, 0.4) is 0 Å². The van der Waals surface area contributed by atoms with Crippen LogP contribution in [0.5, 0.6) is 0 Å². The van der Waals surface area contributed by atoms with Gasteiger partial charge in [-0.25, -0.2) is 4.57 Å². The molecule has 0 aliphatic heterocycles. The summed E-state index contributed by atoms with van der Waals surface area (Å²) in [5, 5.41) is 4.65. The van der Waals surface area contributed by atoms with Gasteiger partial charge in [0, 0.05) is 29.2 Å². The van der Waals surface area contributed by atoms with Gasteiger partial charge in [-0.3, -0.25) is 0 Å². The molecule has 1 fully saturated rings. The van der Waals surface area contributed by atoms with Gasteiger partial charge in [0.1, 0.15) is 18.2 Å². The van der Waals surface area contributed by atoms with E-state index in [0.29, 0.717) is 0 Å². The van der Waals surface area contributed by atoms with Crippen molar-refractivity contribution in [3.63, 3.8) is 0 Å². The molecule has 3 aromatic carbocycles. The summed E-state index contributed by atoms with van der Waals surface area (Å²) in [7, 11) is 2.09. The van der Waals surface area contributed by atoms with E-state index < -0.39 is 5.89 Å². The monoisotopic (exact) mass is 393 g/mol. The van der Waals surface area contributed by atoms with Gasteiger partial charge in [0.2, 0.25) is 5.69 Å². The zero-order chi connectivity index (χ0) is 21.2. The van der Waals surface area contributed by atoms with Crippen molar-refractivity contribution in [1.82, 2.24) is 0 Å². The number of aromatic nitrogens is 1. The molecule has 0 unspecified atom stereocenters. The lowest BCUT2D eigenvalue weighted by Gasteiger charge is -2.10. The first kappa shape index (κ1) is 16.6. The highest BCUT2D eigenvalue weighted by Gasteiger charge is 2.24. The molecule has 2 aromatic heterocycles. The zero-order valence-corrected chi connectivity index (χ0v) is 17.5. The van der Waals surface area contributed by atoms with Crippen molar-refractivity contribution in [1.29, 1.82) is 0 Å². The summed E-state index contributed by atoms with van der Waals surface area (Å²) in [5.41, 5.74) is 6.47. The molecule has 148 valence electrons. The van der Waals surface area contributed by atoms with Gasteiger partial charge < -0.3 is 4.42 Å². The molecule has 6 rings (SSSR count). The van der Waals surface area contributed by atoms with Crippen molar-refractivity contribution >= 4 is 32.7 Å². The van der Waals surface area contributed by atoms with Gasteiger partial charge in [0.15, 0.2) is 6.20 Å². The predicted octanol–water partition coefficient (Wildman–Crippen LogP) is 7.20. The summed E-state index contributed by atoms with van der Waals surface area (Å²) in [6, 6.07) is 21.5. The number of rotatable bonds is 2. The van der Waals surface area contributed by atoms with Crippen LogP contribution >= 0.6 is 0 Å². The van der Waals surface area contributed by atoms with Crippen LogP contribution in [0, 0.1) is 6.92 Å². The highest BCUT2D eigenvalue weighted by Crippen LogP contribution is 2.40. The van der Waals surface area contributed by atoms with Crippen LogP contribution < -0.4 is 4.57 Å². The van der Waals surface area contributed by atoms with E-state index in [9.17, 15) is 0 Å². The molecule has 0 saturated heterocycles. The van der Waals surface area contributed by atoms with Gasteiger partial charge in [-0.05, 0) is 48.7 Å². The number of hydrogen-bond acceptors (Lipinski definition) is 1. The Labute approximate surface area is 178 Å². The molecular weight excluding hydrogens is 366 g/mol. The standard InChI is InChI=1S/C28H26NO/c1-18-11-14-24-23-15-12-20-9-5-6-10-22(20)27(23)30-28(24)26(18)25-16-13-21(17-29(25)2)19-7-3-4-8-19/h5-6,9-17,19H,3-4,7-8H2,1-2H3/q+1/i19D. The first-order chi connectivity index (χ1) is 15.0. The number of furan rings is 1. The number of benzene rings is 3. The molecule has 2 heterocycles. The molecule has 0 atom stereocenters. The van der Waals surface area contributed by atoms with E-state index in [1.807, 2.05) is 0 Å². The second-order valence-electron chi connectivity index (χ2n) is 8.62. The van der Waals surface area contributed by atoms with Gasteiger partial charge in [-0.1, -0.05) is 55.3 Å². The number of hydrogen-bond donors (Lipinski definition) is 0. The molecule has 0 N–H and O–H groups in total. The smallest absolute Gasteiger partial charge is 0.216 e. The van der Waals surface area contributed by atoms with Crippen molar-refractivity contribution in [3.8, 4) is 11.3 Å². The maximum atomic E-state index is 8.88. The molecule has 2 nitrogen and oxygen atoms in total. The van der Waals surface area contributed by atoms with Gasteiger partial charge >= 0.3 is 0 Å². The summed E-state index contributed by atoms with van der Waals surface area (Å²) in [6.07, 6.45) is 6.37. The fourth-order valence-electron chi connectivity index (χ4n) is 5.15. The summed E-state index contributed by atoms with van der Waals surface area (Å²) < 4.78 is 17.6. The van der Waals surface area contributed by atoms with Crippen molar-refractivity contribution in [3.05, 3.63) is 78.0 Å². The lowest BCUT2D eigenvalue weighted by Crippen LogP contribution is -2.31. The lowest BCUT2D eigenvalue weighted by molar-refractivity contribution is -0.660. The molecule has 0 spiro atoms. The molecule has 1 saturated carbocycles. The highest BCUT2D eigenvalue weighted by atomic mass is 16.3. The minimum atomic E-state index is -0.435. The predicted molar refractivity (Wildman–Crippen MR) is 124 cm³/mol. The SMILES string of the molecule is [2H]C1(c2ccc(-c3c(C)ccc4c3oc3c5ccccc5ccc43)[n+](C)c2)CCCC1. The van der Waals surface area contributed by atoms with Crippen LogP contribution in [0.1, 0.15) is 44.1 Å². The Hall–Kier alpha value is -3.13. The zero-order valence-electron chi connectivity index (χ0n) is 18.5. The maximum Gasteiger partial charge on any atom is 0.216 e. The number of pyridine rings is 1. The summed E-state index contributed by atoms with van der Waals surface area (Å²) >= 11 is 0. The third-order valence-electron chi connectivity index (χ3n) is 6.74. The Morgan fingerprint density at radius 2 is 1.63 bits per heavy atom. The maximum absolute atomic E-state index is 8.88. The lowest BCUT2D eigenvalue weighted by atomic mass is 9.96. The molecule has 30 heavy (non-hydrogen) atoms. The Bertz CT molecular complexity index is 1470. The summed E-state index contributed by atoms with van der Waals surface area (Å²) in [4.78, 5) is 0. The quantitative estimate of drug-likeness (QED) is 0.290. The summed E-state index contributed by atoms with van der Waals surface area (Å²) in [5.74, 6) is -0.435. The molecule has 0 amide bonds. The molecule has 0 bridgehead atoms. The van der Waals surface area contributed by atoms with Crippen LogP contribution in [0.25, 0.3) is 44.0 Å². The topological polar surface area (TPSA) is 17.0 Å². The van der Waals surface area contributed by atoms with E-state index >= 15 is 0 Å². The molecule has 1 aliphatic rings. The van der Waals surface area contributed by atoms with Crippen molar-refractivity contribution in [2.24, 2.45) is 7.05 Å². The molecule has 1 aliphatic carbocycles. The number of nitrogens with zero attached hydrogens (tertiary/aromatic N) is 1. The normalized spacial score (nSPS) is 16.5. The van der Waals surface area contributed by atoms with Crippen LogP contribution in [-0.4, -0.2) is 0 Å². The first-order valence-electron chi connectivity index (χ1n) is 11.4. The third kappa shape index (κ3) is 2.60. The number of fused-ring (bicyclic) bond motifs is 5. The minimum Gasteiger partial charge on any atom is -0.454 e. The van der Waals surface area contributed by atoms with Crippen LogP contribution in [0.15, 0.2) is 71.3 Å². The van der Waals surface area contributed by atoms with E-state index in [-0.39, 0.29) is 0 Å².